The fourth-order valence-electron chi connectivity index (χ4n) is 4.83. The summed E-state index contributed by atoms with van der Waals surface area (Å²) >= 11 is 0. The van der Waals surface area contributed by atoms with Gasteiger partial charge in [-0.3, -0.25) is 9.59 Å². The number of likely N-dealkylation sites (tertiary alicyclic amines) is 1. The van der Waals surface area contributed by atoms with Gasteiger partial charge in [-0.15, -0.1) is 0 Å². The van der Waals surface area contributed by atoms with Crippen molar-refractivity contribution in [2.75, 3.05) is 45.9 Å². The molecule has 0 bridgehead atoms. The van der Waals surface area contributed by atoms with Crippen molar-refractivity contribution >= 4 is 11.8 Å². The van der Waals surface area contributed by atoms with Crippen LogP contribution in [0.25, 0.3) is 0 Å². The van der Waals surface area contributed by atoms with Gasteiger partial charge in [0.1, 0.15) is 12.2 Å². The minimum atomic E-state index is -0.687. The lowest BCUT2D eigenvalue weighted by atomic mass is 10.0. The number of aliphatic hydroxyl groups excluding tert-OH is 1. The van der Waals surface area contributed by atoms with E-state index in [1.54, 1.807) is 6.92 Å². The minimum Gasteiger partial charge on any atom is -0.388 e. The van der Waals surface area contributed by atoms with Gasteiger partial charge in [-0.05, 0) is 12.8 Å². The first kappa shape index (κ1) is 21.0. The fraction of sp³-hybridized carbons (Fsp3) is 0.900. The van der Waals surface area contributed by atoms with E-state index in [9.17, 15) is 14.7 Å². The van der Waals surface area contributed by atoms with Gasteiger partial charge < -0.3 is 34.4 Å². The van der Waals surface area contributed by atoms with E-state index in [4.69, 9.17) is 14.2 Å². The molecule has 0 aliphatic carbocycles. The Balaban J connectivity index is 1.18. The van der Waals surface area contributed by atoms with E-state index < -0.39 is 6.10 Å². The number of nitrogens with zero attached hydrogens (tertiary/aromatic N) is 2. The summed E-state index contributed by atoms with van der Waals surface area (Å²) in [5.74, 6) is 0.215. The number of aliphatic hydroxyl groups is 1. The van der Waals surface area contributed by atoms with E-state index in [-0.39, 0.29) is 36.2 Å². The van der Waals surface area contributed by atoms with Crippen LogP contribution in [0.4, 0.5) is 0 Å². The lowest BCUT2D eigenvalue weighted by Gasteiger charge is -2.32. The fourth-order valence-corrected chi connectivity index (χ4v) is 4.83. The van der Waals surface area contributed by atoms with Gasteiger partial charge in [0, 0.05) is 52.1 Å². The molecular formula is C20H33N3O6. The van der Waals surface area contributed by atoms with Gasteiger partial charge >= 0.3 is 0 Å². The lowest BCUT2D eigenvalue weighted by molar-refractivity contribution is -0.139. The third-order valence-electron chi connectivity index (χ3n) is 6.59. The normalized spacial score (nSPS) is 35.7. The highest BCUT2D eigenvalue weighted by atomic mass is 16.6. The second-order valence-electron chi connectivity index (χ2n) is 8.55. The molecule has 5 unspecified atom stereocenters. The molecule has 0 aromatic heterocycles. The maximum Gasteiger partial charge on any atom is 0.225 e. The molecule has 0 aromatic carbocycles. The van der Waals surface area contributed by atoms with Crippen molar-refractivity contribution in [2.24, 2.45) is 0 Å². The third kappa shape index (κ3) is 4.91. The molecule has 2 N–H and O–H groups in total. The Labute approximate surface area is 171 Å². The Bertz CT molecular complexity index is 591. The number of morpholine rings is 1. The molecule has 4 saturated heterocycles. The van der Waals surface area contributed by atoms with Crippen molar-refractivity contribution in [3.8, 4) is 0 Å². The molecule has 9 nitrogen and oxygen atoms in total. The van der Waals surface area contributed by atoms with Crippen LogP contribution in [-0.4, -0.2) is 109 Å². The molecule has 4 aliphatic rings. The Morgan fingerprint density at radius 2 is 1.79 bits per heavy atom. The SMILES string of the molecule is CC(=O)N1CCC(NCC2OC3CC(CC(=O)N4CCOCC4)OC3C2O)CC1. The Kier molecular flexibility index (Phi) is 6.70. The highest BCUT2D eigenvalue weighted by Gasteiger charge is 2.50. The van der Waals surface area contributed by atoms with Crippen LogP contribution >= 0.6 is 0 Å². The molecule has 0 aromatic rings. The quantitative estimate of drug-likeness (QED) is 0.606. The molecule has 4 aliphatic heterocycles. The monoisotopic (exact) mass is 411 g/mol. The largest absolute Gasteiger partial charge is 0.388 e. The van der Waals surface area contributed by atoms with Crippen LogP contribution in [0.1, 0.15) is 32.6 Å². The molecular weight excluding hydrogens is 378 g/mol. The van der Waals surface area contributed by atoms with Crippen molar-refractivity contribution in [1.29, 1.82) is 0 Å². The molecule has 164 valence electrons. The van der Waals surface area contributed by atoms with Crippen LogP contribution in [0.3, 0.4) is 0 Å². The first-order valence-electron chi connectivity index (χ1n) is 10.8. The van der Waals surface area contributed by atoms with Crippen LogP contribution in [0, 0.1) is 0 Å². The maximum absolute atomic E-state index is 12.4. The second-order valence-corrected chi connectivity index (χ2v) is 8.55. The predicted octanol–water partition coefficient (Wildman–Crippen LogP) is -0.878. The van der Waals surface area contributed by atoms with Gasteiger partial charge in [0.25, 0.3) is 0 Å². The van der Waals surface area contributed by atoms with Gasteiger partial charge in [-0.2, -0.15) is 0 Å². The number of nitrogens with one attached hydrogen (secondary N) is 1. The lowest BCUT2D eigenvalue weighted by Crippen LogP contribution is -2.47. The van der Waals surface area contributed by atoms with Crippen LogP contribution in [0.5, 0.6) is 0 Å². The highest BCUT2D eigenvalue weighted by molar-refractivity contribution is 5.76. The molecule has 5 atom stereocenters. The molecule has 4 fully saturated rings. The Hall–Kier alpha value is -1.26. The summed E-state index contributed by atoms with van der Waals surface area (Å²) in [4.78, 5) is 27.5. The molecule has 29 heavy (non-hydrogen) atoms. The molecule has 4 rings (SSSR count). The average Bonchev–Trinajstić information content (AvgIpc) is 3.25. The van der Waals surface area contributed by atoms with E-state index in [0.717, 1.165) is 25.9 Å². The third-order valence-corrected chi connectivity index (χ3v) is 6.59. The molecule has 9 heteroatoms. The summed E-state index contributed by atoms with van der Waals surface area (Å²) in [5, 5.41) is 14.1. The highest BCUT2D eigenvalue weighted by Crippen LogP contribution is 2.35. The number of hydrogen-bond donors (Lipinski definition) is 2. The summed E-state index contributed by atoms with van der Waals surface area (Å²) in [7, 11) is 0. The minimum absolute atomic E-state index is 0.0860. The number of hydrogen-bond acceptors (Lipinski definition) is 7. The maximum atomic E-state index is 12.4. The number of rotatable bonds is 5. The Morgan fingerprint density at radius 3 is 2.45 bits per heavy atom. The molecule has 2 amide bonds. The van der Waals surface area contributed by atoms with E-state index in [0.29, 0.717) is 51.7 Å². The van der Waals surface area contributed by atoms with Crippen molar-refractivity contribution in [2.45, 2.75) is 69.2 Å². The van der Waals surface area contributed by atoms with Crippen LogP contribution in [-0.2, 0) is 23.8 Å². The zero-order valence-electron chi connectivity index (χ0n) is 17.1. The number of carbonyl (C=O) groups is 2. The van der Waals surface area contributed by atoms with Crippen LogP contribution < -0.4 is 5.32 Å². The topological polar surface area (TPSA) is 101 Å². The van der Waals surface area contributed by atoms with Gasteiger partial charge in [0.15, 0.2) is 0 Å². The molecule has 0 spiro atoms. The molecule has 0 radical (unpaired) electrons. The van der Waals surface area contributed by atoms with E-state index in [1.165, 1.54) is 0 Å². The smallest absolute Gasteiger partial charge is 0.225 e. The van der Waals surface area contributed by atoms with Gasteiger partial charge in [-0.25, -0.2) is 0 Å². The van der Waals surface area contributed by atoms with E-state index >= 15 is 0 Å². The Morgan fingerprint density at radius 1 is 1.07 bits per heavy atom. The summed E-state index contributed by atoms with van der Waals surface area (Å²) in [5.41, 5.74) is 0. The summed E-state index contributed by atoms with van der Waals surface area (Å²) < 4.78 is 17.3. The zero-order valence-corrected chi connectivity index (χ0v) is 17.1. The number of piperidine rings is 1. The number of ether oxygens (including phenoxy) is 3. The first-order chi connectivity index (χ1) is 14.0. The average molecular weight is 411 g/mol. The second kappa shape index (κ2) is 9.26. The summed E-state index contributed by atoms with van der Waals surface area (Å²) in [6, 6.07) is 0.335. The standard InChI is InChI=1S/C20H33N3O6/c1-13(24)22-4-2-14(3-5-22)21-12-17-19(26)20-16(29-17)10-15(28-20)11-18(25)23-6-8-27-9-7-23/h14-17,19-21,26H,2-12H2,1H3. The van der Waals surface area contributed by atoms with Gasteiger partial charge in [0.2, 0.25) is 11.8 Å². The predicted molar refractivity (Wildman–Crippen MR) is 103 cm³/mol. The van der Waals surface area contributed by atoms with E-state index in [2.05, 4.69) is 5.32 Å². The van der Waals surface area contributed by atoms with Gasteiger partial charge in [0.05, 0.1) is 37.9 Å². The zero-order chi connectivity index (χ0) is 20.4. The van der Waals surface area contributed by atoms with Crippen LogP contribution in [0.15, 0.2) is 0 Å². The van der Waals surface area contributed by atoms with E-state index in [1.807, 2.05) is 9.80 Å². The number of carbonyl (C=O) groups excluding carboxylic acids is 2. The molecule has 0 saturated carbocycles. The number of fused-ring (bicyclic) bond motifs is 1. The summed E-state index contributed by atoms with van der Waals surface area (Å²) in [6.07, 6.45) is 1.11. The van der Waals surface area contributed by atoms with Gasteiger partial charge in [-0.1, -0.05) is 0 Å². The summed E-state index contributed by atoms with van der Waals surface area (Å²) in [6.45, 7) is 6.17. The molecule has 4 heterocycles. The first-order valence-corrected chi connectivity index (χ1v) is 10.8. The van der Waals surface area contributed by atoms with Crippen molar-refractivity contribution < 1.29 is 28.9 Å². The van der Waals surface area contributed by atoms with Crippen LogP contribution in [0.2, 0.25) is 0 Å². The van der Waals surface area contributed by atoms with Crippen molar-refractivity contribution in [3.63, 3.8) is 0 Å². The number of amides is 2. The van der Waals surface area contributed by atoms with Crippen molar-refractivity contribution in [3.05, 3.63) is 0 Å². The van der Waals surface area contributed by atoms with Crippen molar-refractivity contribution in [1.82, 2.24) is 15.1 Å².